The predicted molar refractivity (Wildman–Crippen MR) is 83.6 cm³/mol. The van der Waals surface area contributed by atoms with Crippen molar-refractivity contribution in [1.29, 1.82) is 0 Å². The third kappa shape index (κ3) is 2.42. The second-order valence-corrected chi connectivity index (χ2v) is 6.14. The number of aromatic nitrogens is 2. The van der Waals surface area contributed by atoms with Crippen LogP contribution in [0.1, 0.15) is 37.8 Å². The molecule has 5 nitrogen and oxygen atoms in total. The van der Waals surface area contributed by atoms with Crippen molar-refractivity contribution in [2.75, 3.05) is 0 Å². The summed E-state index contributed by atoms with van der Waals surface area (Å²) in [5.74, 6) is 0. The van der Waals surface area contributed by atoms with Crippen molar-refractivity contribution in [3.8, 4) is 0 Å². The van der Waals surface area contributed by atoms with Gasteiger partial charge in [0.05, 0.1) is 11.0 Å². The number of aromatic amines is 2. The first-order valence-corrected chi connectivity index (χ1v) is 7.48. The first-order chi connectivity index (χ1) is 9.97. The Kier molecular flexibility index (Phi) is 3.45. The molecule has 1 aromatic carbocycles. The average Bonchev–Trinajstić information content (AvgIpc) is 2.75. The molecule has 0 saturated carbocycles. The third-order valence-electron chi connectivity index (χ3n) is 4.72. The highest BCUT2D eigenvalue weighted by Gasteiger charge is 2.28. The Balaban J connectivity index is 2.13. The van der Waals surface area contributed by atoms with E-state index in [0.29, 0.717) is 17.6 Å². The van der Waals surface area contributed by atoms with Gasteiger partial charge in [-0.25, -0.2) is 0 Å². The molecule has 0 amide bonds. The van der Waals surface area contributed by atoms with Gasteiger partial charge in [0, 0.05) is 18.6 Å². The maximum absolute atomic E-state index is 11.6. The monoisotopic (exact) mass is 287 g/mol. The molecule has 3 rings (SSSR count). The minimum atomic E-state index is -0.597. The van der Waals surface area contributed by atoms with E-state index in [1.165, 1.54) is 12.8 Å². The summed E-state index contributed by atoms with van der Waals surface area (Å²) >= 11 is 0. The number of fused-ring (bicyclic) bond motifs is 1. The molecule has 1 saturated heterocycles. The lowest BCUT2D eigenvalue weighted by Crippen LogP contribution is -2.33. The van der Waals surface area contributed by atoms with E-state index in [0.717, 1.165) is 23.2 Å². The molecule has 0 spiro atoms. The van der Waals surface area contributed by atoms with Crippen LogP contribution in [0.5, 0.6) is 0 Å². The van der Waals surface area contributed by atoms with Gasteiger partial charge in [-0.05, 0) is 50.8 Å². The normalized spacial score (nSPS) is 23.0. The lowest BCUT2D eigenvalue weighted by atomic mass is 10.1. The molecular formula is C16H21N3O2. The Labute approximate surface area is 123 Å². The van der Waals surface area contributed by atoms with E-state index in [1.807, 2.05) is 19.1 Å². The summed E-state index contributed by atoms with van der Waals surface area (Å²) < 4.78 is 0. The molecule has 2 N–H and O–H groups in total. The van der Waals surface area contributed by atoms with Gasteiger partial charge in [0.2, 0.25) is 0 Å². The highest BCUT2D eigenvalue weighted by Crippen LogP contribution is 2.28. The average molecular weight is 287 g/mol. The molecule has 112 valence electrons. The summed E-state index contributed by atoms with van der Waals surface area (Å²) in [4.78, 5) is 31.0. The van der Waals surface area contributed by atoms with Crippen LogP contribution >= 0.6 is 0 Å². The van der Waals surface area contributed by atoms with Crippen LogP contribution in [0, 0.1) is 6.92 Å². The van der Waals surface area contributed by atoms with Crippen LogP contribution in [0.2, 0.25) is 0 Å². The zero-order valence-electron chi connectivity index (χ0n) is 12.7. The molecule has 21 heavy (non-hydrogen) atoms. The van der Waals surface area contributed by atoms with E-state index in [1.54, 1.807) is 0 Å². The van der Waals surface area contributed by atoms with Gasteiger partial charge in [-0.3, -0.25) is 14.5 Å². The molecule has 0 radical (unpaired) electrons. The Bertz CT molecular complexity index is 780. The summed E-state index contributed by atoms with van der Waals surface area (Å²) in [7, 11) is 0. The van der Waals surface area contributed by atoms with Crippen molar-refractivity contribution < 1.29 is 0 Å². The van der Waals surface area contributed by atoms with Gasteiger partial charge in [0.15, 0.2) is 0 Å². The number of H-pyrrole nitrogens is 2. The van der Waals surface area contributed by atoms with E-state index in [2.05, 4.69) is 28.7 Å². The Morgan fingerprint density at radius 3 is 2.38 bits per heavy atom. The molecule has 1 fully saturated rings. The molecular weight excluding hydrogens is 266 g/mol. The highest BCUT2D eigenvalue weighted by molar-refractivity contribution is 5.78. The fraction of sp³-hybridized carbons (Fsp3) is 0.500. The van der Waals surface area contributed by atoms with E-state index < -0.39 is 11.1 Å². The standard InChI is InChI=1S/C16H21N3O2/c1-9-4-7-13-14(18-16(21)15(20)17-13)12(9)8-19-10(2)5-6-11(19)3/h4,7,10-11H,5-6,8H2,1-3H3,(H,17,20)(H,18,21). The molecule has 2 heterocycles. The van der Waals surface area contributed by atoms with Crippen LogP contribution in [0.3, 0.4) is 0 Å². The largest absolute Gasteiger partial charge is 0.316 e. The smallest absolute Gasteiger partial charge is 0.314 e. The number of likely N-dealkylation sites (tertiary alicyclic amines) is 1. The number of hydrogen-bond acceptors (Lipinski definition) is 3. The SMILES string of the molecule is Cc1ccc2[nH]c(=O)c(=O)[nH]c2c1CN1C(C)CCC1C. The van der Waals surface area contributed by atoms with Crippen molar-refractivity contribution in [2.24, 2.45) is 0 Å². The number of benzene rings is 1. The van der Waals surface area contributed by atoms with E-state index in [-0.39, 0.29) is 0 Å². The van der Waals surface area contributed by atoms with Crippen molar-refractivity contribution >= 4 is 11.0 Å². The quantitative estimate of drug-likeness (QED) is 0.829. The van der Waals surface area contributed by atoms with Crippen LogP contribution in [0.15, 0.2) is 21.7 Å². The fourth-order valence-corrected chi connectivity index (χ4v) is 3.29. The molecule has 2 aromatic rings. The fourth-order valence-electron chi connectivity index (χ4n) is 3.29. The summed E-state index contributed by atoms with van der Waals surface area (Å²) in [6.07, 6.45) is 2.41. The van der Waals surface area contributed by atoms with Crippen molar-refractivity contribution in [3.63, 3.8) is 0 Å². The van der Waals surface area contributed by atoms with Crippen molar-refractivity contribution in [2.45, 2.75) is 52.2 Å². The minimum absolute atomic E-state index is 0.545. The number of nitrogens with one attached hydrogen (secondary N) is 2. The molecule has 2 atom stereocenters. The van der Waals surface area contributed by atoms with E-state index >= 15 is 0 Å². The number of aryl methyl sites for hydroxylation is 1. The van der Waals surface area contributed by atoms with Crippen molar-refractivity contribution in [3.05, 3.63) is 44.0 Å². The van der Waals surface area contributed by atoms with Crippen LogP contribution in [0.4, 0.5) is 0 Å². The second-order valence-electron chi connectivity index (χ2n) is 6.14. The zero-order valence-corrected chi connectivity index (χ0v) is 12.7. The Morgan fingerprint density at radius 1 is 1.10 bits per heavy atom. The summed E-state index contributed by atoms with van der Waals surface area (Å²) in [6, 6.07) is 4.94. The summed E-state index contributed by atoms with van der Waals surface area (Å²) in [5.41, 5.74) is 2.50. The first kappa shape index (κ1) is 14.1. The molecule has 0 aliphatic carbocycles. The number of rotatable bonds is 2. The van der Waals surface area contributed by atoms with Gasteiger partial charge in [0.25, 0.3) is 0 Å². The first-order valence-electron chi connectivity index (χ1n) is 7.48. The zero-order chi connectivity index (χ0) is 15.1. The topological polar surface area (TPSA) is 69.0 Å². The van der Waals surface area contributed by atoms with Crippen LogP contribution in [0.25, 0.3) is 11.0 Å². The molecule has 1 aromatic heterocycles. The second kappa shape index (κ2) is 5.15. The maximum Gasteiger partial charge on any atom is 0.314 e. The van der Waals surface area contributed by atoms with Crippen LogP contribution in [-0.4, -0.2) is 27.0 Å². The molecule has 2 unspecified atom stereocenters. The van der Waals surface area contributed by atoms with E-state index in [9.17, 15) is 9.59 Å². The van der Waals surface area contributed by atoms with Gasteiger partial charge >= 0.3 is 11.1 Å². The molecule has 5 heteroatoms. The van der Waals surface area contributed by atoms with Gasteiger partial charge in [-0.15, -0.1) is 0 Å². The van der Waals surface area contributed by atoms with Crippen molar-refractivity contribution in [1.82, 2.24) is 14.9 Å². The maximum atomic E-state index is 11.6. The van der Waals surface area contributed by atoms with Crippen LogP contribution in [-0.2, 0) is 6.54 Å². The van der Waals surface area contributed by atoms with E-state index in [4.69, 9.17) is 0 Å². The highest BCUT2D eigenvalue weighted by atomic mass is 16.2. The van der Waals surface area contributed by atoms with Gasteiger partial charge in [-0.1, -0.05) is 6.07 Å². The summed E-state index contributed by atoms with van der Waals surface area (Å²) in [6.45, 7) is 7.33. The van der Waals surface area contributed by atoms with Crippen LogP contribution < -0.4 is 11.1 Å². The van der Waals surface area contributed by atoms with Gasteiger partial charge < -0.3 is 9.97 Å². The minimum Gasteiger partial charge on any atom is -0.316 e. The molecule has 1 aliphatic rings. The van der Waals surface area contributed by atoms with Gasteiger partial charge in [0.1, 0.15) is 0 Å². The molecule has 0 bridgehead atoms. The third-order valence-corrected chi connectivity index (χ3v) is 4.72. The Hall–Kier alpha value is -1.88. The van der Waals surface area contributed by atoms with Gasteiger partial charge in [-0.2, -0.15) is 0 Å². The lowest BCUT2D eigenvalue weighted by molar-refractivity contribution is 0.205. The molecule has 1 aliphatic heterocycles. The Morgan fingerprint density at radius 2 is 1.71 bits per heavy atom. The predicted octanol–water partition coefficient (Wildman–Crippen LogP) is 1.90. The lowest BCUT2D eigenvalue weighted by Gasteiger charge is -2.27. The summed E-state index contributed by atoms with van der Waals surface area (Å²) in [5, 5.41) is 0. The number of nitrogens with zero attached hydrogens (tertiary/aromatic N) is 1. The number of hydrogen-bond donors (Lipinski definition) is 2.